The molecule has 1 heterocycles. The van der Waals surface area contributed by atoms with Crippen LogP contribution in [0.25, 0.3) is 0 Å². The largest absolute Gasteiger partial charge is 0.481 e. The van der Waals surface area contributed by atoms with Gasteiger partial charge >= 0.3 is 5.97 Å². The summed E-state index contributed by atoms with van der Waals surface area (Å²) in [5.41, 5.74) is 0. The van der Waals surface area contributed by atoms with E-state index in [0.29, 0.717) is 11.5 Å². The van der Waals surface area contributed by atoms with Gasteiger partial charge in [-0.2, -0.15) is 11.8 Å². The number of carboxylic acids is 1. The third kappa shape index (κ3) is 3.14. The van der Waals surface area contributed by atoms with Crippen LogP contribution in [0.1, 0.15) is 13.3 Å². The zero-order chi connectivity index (χ0) is 10.1. The van der Waals surface area contributed by atoms with Crippen molar-refractivity contribution in [3.8, 4) is 0 Å². The van der Waals surface area contributed by atoms with Crippen molar-refractivity contribution < 1.29 is 18.7 Å². The predicted octanol–water partition coefficient (Wildman–Crippen LogP) is 2.10. The predicted molar refractivity (Wildman–Crippen MR) is 47.2 cm³/mol. The second-order valence-corrected chi connectivity index (χ2v) is 4.59. The third-order valence-electron chi connectivity index (χ3n) is 2.14. The number of carboxylic acid groups (broad SMARTS) is 1. The molecule has 0 aliphatic carbocycles. The highest BCUT2D eigenvalue weighted by molar-refractivity contribution is 7.99. The minimum atomic E-state index is -2.75. The van der Waals surface area contributed by atoms with E-state index in [1.165, 1.54) is 11.8 Å². The van der Waals surface area contributed by atoms with Gasteiger partial charge in [-0.05, 0) is 18.6 Å². The molecule has 1 saturated heterocycles. The molecule has 0 saturated carbocycles. The van der Waals surface area contributed by atoms with E-state index < -0.39 is 17.8 Å². The lowest BCUT2D eigenvalue weighted by Crippen LogP contribution is -2.27. The first-order valence-corrected chi connectivity index (χ1v) is 5.24. The summed E-state index contributed by atoms with van der Waals surface area (Å²) in [6.45, 7) is 0.842. The van der Waals surface area contributed by atoms with Crippen molar-refractivity contribution in [2.24, 2.45) is 11.8 Å². The normalized spacial score (nSPS) is 29.2. The molecule has 0 aromatic carbocycles. The van der Waals surface area contributed by atoms with Crippen molar-refractivity contribution in [1.29, 1.82) is 0 Å². The molecule has 2 nitrogen and oxygen atoms in total. The average molecular weight is 210 g/mol. The molecule has 0 aromatic rings. The molecule has 1 fully saturated rings. The summed E-state index contributed by atoms with van der Waals surface area (Å²) in [5.74, 6) is -3.64. The van der Waals surface area contributed by atoms with E-state index in [4.69, 9.17) is 5.11 Å². The van der Waals surface area contributed by atoms with E-state index in [1.54, 1.807) is 0 Å². The monoisotopic (exact) mass is 210 g/mol. The molecule has 2 unspecified atom stereocenters. The van der Waals surface area contributed by atoms with Gasteiger partial charge in [-0.15, -0.1) is 0 Å². The van der Waals surface area contributed by atoms with E-state index in [9.17, 15) is 13.6 Å². The number of carbonyl (C=O) groups is 1. The van der Waals surface area contributed by atoms with Crippen LogP contribution in [0, 0.1) is 11.8 Å². The van der Waals surface area contributed by atoms with Crippen LogP contribution in [0.5, 0.6) is 0 Å². The summed E-state index contributed by atoms with van der Waals surface area (Å²) in [7, 11) is 0. The molecule has 1 aliphatic heterocycles. The summed E-state index contributed by atoms with van der Waals surface area (Å²) < 4.78 is 25.2. The minimum absolute atomic E-state index is 0.309. The highest BCUT2D eigenvalue weighted by atomic mass is 32.2. The fourth-order valence-electron chi connectivity index (χ4n) is 1.53. The Bertz CT molecular complexity index is 203. The summed E-state index contributed by atoms with van der Waals surface area (Å²) in [4.78, 5) is 10.6. The number of thioether (sulfide) groups is 1. The fourth-order valence-corrected chi connectivity index (χ4v) is 2.99. The molecule has 13 heavy (non-hydrogen) atoms. The Hall–Kier alpha value is -0.320. The lowest BCUT2D eigenvalue weighted by atomic mass is 9.91. The van der Waals surface area contributed by atoms with Crippen LogP contribution in [0.15, 0.2) is 0 Å². The molecule has 1 aliphatic rings. The van der Waals surface area contributed by atoms with Crippen molar-refractivity contribution in [3.05, 3.63) is 0 Å². The first kappa shape index (κ1) is 10.8. The first-order valence-electron chi connectivity index (χ1n) is 4.08. The Labute approximate surface area is 79.7 Å². The Morgan fingerprint density at radius 1 is 1.62 bits per heavy atom. The average Bonchev–Trinajstić information content (AvgIpc) is 2.31. The summed E-state index contributed by atoms with van der Waals surface area (Å²) >= 11 is 1.45. The van der Waals surface area contributed by atoms with Crippen LogP contribution >= 0.6 is 11.8 Å². The van der Waals surface area contributed by atoms with Gasteiger partial charge in [0.2, 0.25) is 5.92 Å². The standard InChI is InChI=1S/C8H12F2O2S/c1-8(9,10)2-5-3-13-4-6(5)7(11)12/h5-6H,2-4H2,1H3,(H,11,12). The Balaban J connectivity index is 2.54. The first-order chi connectivity index (χ1) is 5.90. The van der Waals surface area contributed by atoms with Gasteiger partial charge in [0.15, 0.2) is 0 Å². The van der Waals surface area contributed by atoms with Gasteiger partial charge < -0.3 is 5.11 Å². The number of rotatable bonds is 3. The molecule has 0 spiro atoms. The number of hydrogen-bond donors (Lipinski definition) is 1. The zero-order valence-corrected chi connectivity index (χ0v) is 8.11. The number of halogens is 2. The summed E-state index contributed by atoms with van der Waals surface area (Å²) in [6.07, 6.45) is -0.309. The second kappa shape index (κ2) is 3.82. The van der Waals surface area contributed by atoms with Gasteiger partial charge in [-0.3, -0.25) is 4.79 Å². The molecular formula is C8H12F2O2S. The van der Waals surface area contributed by atoms with Gasteiger partial charge in [0, 0.05) is 12.2 Å². The number of hydrogen-bond acceptors (Lipinski definition) is 2. The van der Waals surface area contributed by atoms with E-state index in [-0.39, 0.29) is 12.3 Å². The molecule has 0 radical (unpaired) electrons. The van der Waals surface area contributed by atoms with E-state index in [1.807, 2.05) is 0 Å². The maximum Gasteiger partial charge on any atom is 0.307 e. The Kier molecular flexibility index (Phi) is 3.16. The molecule has 1 N–H and O–H groups in total. The van der Waals surface area contributed by atoms with Gasteiger partial charge in [0.05, 0.1) is 5.92 Å². The van der Waals surface area contributed by atoms with Crippen LogP contribution in [0.4, 0.5) is 8.78 Å². The maximum absolute atomic E-state index is 12.6. The van der Waals surface area contributed by atoms with Crippen molar-refractivity contribution in [2.75, 3.05) is 11.5 Å². The van der Waals surface area contributed by atoms with Crippen LogP contribution in [0.2, 0.25) is 0 Å². The van der Waals surface area contributed by atoms with Crippen molar-refractivity contribution in [1.82, 2.24) is 0 Å². The third-order valence-corrected chi connectivity index (χ3v) is 3.39. The van der Waals surface area contributed by atoms with Gasteiger partial charge in [-0.25, -0.2) is 8.78 Å². The molecule has 2 atom stereocenters. The number of aliphatic carboxylic acids is 1. The fraction of sp³-hybridized carbons (Fsp3) is 0.875. The molecule has 0 amide bonds. The topological polar surface area (TPSA) is 37.3 Å². The zero-order valence-electron chi connectivity index (χ0n) is 7.30. The van der Waals surface area contributed by atoms with Crippen molar-refractivity contribution in [2.45, 2.75) is 19.3 Å². The van der Waals surface area contributed by atoms with E-state index >= 15 is 0 Å². The quantitative estimate of drug-likeness (QED) is 0.775. The molecule has 5 heteroatoms. The van der Waals surface area contributed by atoms with Crippen molar-refractivity contribution >= 4 is 17.7 Å². The molecule has 0 aromatic heterocycles. The lowest BCUT2D eigenvalue weighted by Gasteiger charge is -2.18. The molecule has 1 rings (SSSR count). The summed E-state index contributed by atoms with van der Waals surface area (Å²) in [5, 5.41) is 8.72. The van der Waals surface area contributed by atoms with Crippen LogP contribution < -0.4 is 0 Å². The molecular weight excluding hydrogens is 198 g/mol. The Morgan fingerprint density at radius 3 is 2.69 bits per heavy atom. The van der Waals surface area contributed by atoms with Crippen LogP contribution in [-0.2, 0) is 4.79 Å². The van der Waals surface area contributed by atoms with Crippen LogP contribution in [-0.4, -0.2) is 28.5 Å². The highest BCUT2D eigenvalue weighted by Crippen LogP contribution is 2.37. The van der Waals surface area contributed by atoms with Gasteiger partial charge in [-0.1, -0.05) is 0 Å². The second-order valence-electron chi connectivity index (χ2n) is 3.52. The minimum Gasteiger partial charge on any atom is -0.481 e. The van der Waals surface area contributed by atoms with Gasteiger partial charge in [0.1, 0.15) is 0 Å². The highest BCUT2D eigenvalue weighted by Gasteiger charge is 2.38. The number of alkyl halides is 2. The van der Waals surface area contributed by atoms with Crippen molar-refractivity contribution in [3.63, 3.8) is 0 Å². The smallest absolute Gasteiger partial charge is 0.307 e. The van der Waals surface area contributed by atoms with Crippen LogP contribution in [0.3, 0.4) is 0 Å². The SMILES string of the molecule is CC(F)(F)CC1CSCC1C(=O)O. The summed E-state index contributed by atoms with van der Waals surface area (Å²) in [6, 6.07) is 0. The van der Waals surface area contributed by atoms with E-state index in [0.717, 1.165) is 6.92 Å². The van der Waals surface area contributed by atoms with Gasteiger partial charge in [0.25, 0.3) is 0 Å². The maximum atomic E-state index is 12.6. The van der Waals surface area contributed by atoms with E-state index in [2.05, 4.69) is 0 Å². The lowest BCUT2D eigenvalue weighted by molar-refractivity contribution is -0.143. The molecule has 76 valence electrons. The molecule has 0 bridgehead atoms. The Morgan fingerprint density at radius 2 is 2.23 bits per heavy atom.